The molecule has 4 rings (SSSR count). The Kier molecular flexibility index (Phi) is 3.67. The lowest BCUT2D eigenvalue weighted by atomic mass is 10.0. The number of carbonyl (C=O) groups excluding carboxylic acids is 2. The molecule has 1 saturated heterocycles. The van der Waals surface area contributed by atoms with Gasteiger partial charge in [-0.3, -0.25) is 9.59 Å². The van der Waals surface area contributed by atoms with Gasteiger partial charge in [0.15, 0.2) is 0 Å². The number of aromatic nitrogens is 1. The molecule has 6 nitrogen and oxygen atoms in total. The van der Waals surface area contributed by atoms with Crippen LogP contribution in [0.1, 0.15) is 25.7 Å². The van der Waals surface area contributed by atoms with Crippen molar-refractivity contribution in [2.45, 2.75) is 25.7 Å². The van der Waals surface area contributed by atoms with Crippen LogP contribution in [-0.4, -0.2) is 36.4 Å². The summed E-state index contributed by atoms with van der Waals surface area (Å²) in [6, 6.07) is 3.74. The van der Waals surface area contributed by atoms with Gasteiger partial charge in [0, 0.05) is 19.0 Å². The molecule has 2 aliphatic carbocycles. The summed E-state index contributed by atoms with van der Waals surface area (Å²) < 4.78 is 0. The fourth-order valence-electron chi connectivity index (χ4n) is 4.09. The first-order chi connectivity index (χ1) is 11.2. The van der Waals surface area contributed by atoms with Crippen LogP contribution in [0, 0.1) is 17.8 Å². The average Bonchev–Trinajstić information content (AvgIpc) is 3.30. The van der Waals surface area contributed by atoms with E-state index in [1.54, 1.807) is 6.20 Å². The van der Waals surface area contributed by atoms with Crippen LogP contribution in [0.2, 0.25) is 0 Å². The maximum atomic E-state index is 12.4. The number of rotatable bonds is 3. The molecule has 2 amide bonds. The molecule has 23 heavy (non-hydrogen) atoms. The van der Waals surface area contributed by atoms with E-state index in [1.807, 2.05) is 17.0 Å². The summed E-state index contributed by atoms with van der Waals surface area (Å²) in [5.41, 5.74) is 0.740. The Morgan fingerprint density at radius 1 is 1.26 bits per heavy atom. The molecule has 0 radical (unpaired) electrons. The number of anilines is 2. The van der Waals surface area contributed by atoms with Crippen LogP contribution in [0.15, 0.2) is 18.3 Å². The Labute approximate surface area is 135 Å². The Morgan fingerprint density at radius 3 is 2.70 bits per heavy atom. The molecule has 2 heterocycles. The minimum atomic E-state index is 0.0202. The third-order valence-electron chi connectivity index (χ3n) is 5.34. The summed E-state index contributed by atoms with van der Waals surface area (Å²) in [4.78, 5) is 30.1. The smallest absolute Gasteiger partial charge is 0.239 e. The molecule has 2 saturated carbocycles. The fourth-order valence-corrected chi connectivity index (χ4v) is 4.09. The van der Waals surface area contributed by atoms with E-state index in [-0.39, 0.29) is 17.7 Å². The molecule has 3 atom stereocenters. The van der Waals surface area contributed by atoms with Gasteiger partial charge in [-0.2, -0.15) is 0 Å². The molecule has 122 valence electrons. The maximum absolute atomic E-state index is 12.4. The second-order valence-corrected chi connectivity index (χ2v) is 6.80. The SMILES string of the molecule is O=C1CN(c2ccc(NC(=O)C3[C@H]4CCCC[C@@H]34)cn2)CCN1. The summed E-state index contributed by atoms with van der Waals surface area (Å²) in [6.07, 6.45) is 6.63. The number of pyridine rings is 1. The number of hydrogen-bond donors (Lipinski definition) is 2. The van der Waals surface area contributed by atoms with Crippen LogP contribution in [0.4, 0.5) is 11.5 Å². The molecule has 3 fully saturated rings. The Morgan fingerprint density at radius 2 is 2.04 bits per heavy atom. The summed E-state index contributed by atoms with van der Waals surface area (Å²) in [6.45, 7) is 1.74. The molecular weight excluding hydrogens is 292 g/mol. The van der Waals surface area contributed by atoms with Gasteiger partial charge >= 0.3 is 0 Å². The summed E-state index contributed by atoms with van der Waals surface area (Å²) >= 11 is 0. The zero-order chi connectivity index (χ0) is 15.8. The third kappa shape index (κ3) is 2.90. The van der Waals surface area contributed by atoms with Gasteiger partial charge in [-0.25, -0.2) is 4.98 Å². The standard InChI is InChI=1S/C17H22N4O2/c22-15-10-21(8-7-18-15)14-6-5-11(9-19-14)20-17(23)16-12-3-1-2-4-13(12)16/h5-6,9,12-13,16H,1-4,7-8,10H2,(H,18,22)(H,20,23)/t12-,13+,16?. The van der Waals surface area contributed by atoms with E-state index in [4.69, 9.17) is 0 Å². The second-order valence-electron chi connectivity index (χ2n) is 6.80. The summed E-state index contributed by atoms with van der Waals surface area (Å²) in [7, 11) is 0. The van der Waals surface area contributed by atoms with Crippen LogP contribution in [0.25, 0.3) is 0 Å². The summed E-state index contributed by atoms with van der Waals surface area (Å²) in [5.74, 6) is 2.38. The molecule has 0 bridgehead atoms. The summed E-state index contributed by atoms with van der Waals surface area (Å²) in [5, 5.41) is 5.80. The van der Waals surface area contributed by atoms with Crippen molar-refractivity contribution in [3.63, 3.8) is 0 Å². The van der Waals surface area contributed by atoms with Crippen LogP contribution in [-0.2, 0) is 9.59 Å². The molecule has 2 N–H and O–H groups in total. The van der Waals surface area contributed by atoms with Crippen molar-refractivity contribution < 1.29 is 9.59 Å². The molecule has 1 aliphatic heterocycles. The highest BCUT2D eigenvalue weighted by Gasteiger charge is 2.54. The van der Waals surface area contributed by atoms with E-state index in [1.165, 1.54) is 25.7 Å². The van der Waals surface area contributed by atoms with Crippen molar-refractivity contribution in [2.24, 2.45) is 17.8 Å². The molecular formula is C17H22N4O2. The van der Waals surface area contributed by atoms with Crippen molar-refractivity contribution in [1.29, 1.82) is 0 Å². The number of hydrogen-bond acceptors (Lipinski definition) is 4. The van der Waals surface area contributed by atoms with Crippen molar-refractivity contribution in [2.75, 3.05) is 29.9 Å². The monoisotopic (exact) mass is 314 g/mol. The number of nitrogens with one attached hydrogen (secondary N) is 2. The largest absolute Gasteiger partial charge is 0.353 e. The Hall–Kier alpha value is -2.11. The molecule has 6 heteroatoms. The van der Waals surface area contributed by atoms with E-state index < -0.39 is 0 Å². The van der Waals surface area contributed by atoms with E-state index >= 15 is 0 Å². The van der Waals surface area contributed by atoms with Gasteiger partial charge in [0.2, 0.25) is 11.8 Å². The van der Waals surface area contributed by atoms with Crippen LogP contribution >= 0.6 is 0 Å². The third-order valence-corrected chi connectivity index (χ3v) is 5.34. The normalized spacial score (nSPS) is 29.5. The molecule has 1 aromatic rings. The van der Waals surface area contributed by atoms with Gasteiger partial charge < -0.3 is 15.5 Å². The lowest BCUT2D eigenvalue weighted by molar-refractivity contribution is -0.120. The van der Waals surface area contributed by atoms with Gasteiger partial charge in [-0.1, -0.05) is 12.8 Å². The highest BCUT2D eigenvalue weighted by molar-refractivity contribution is 5.94. The van der Waals surface area contributed by atoms with Crippen molar-refractivity contribution in [1.82, 2.24) is 10.3 Å². The van der Waals surface area contributed by atoms with Crippen LogP contribution < -0.4 is 15.5 Å². The highest BCUT2D eigenvalue weighted by Crippen LogP contribution is 2.55. The minimum absolute atomic E-state index is 0.0202. The van der Waals surface area contributed by atoms with Gasteiger partial charge in [0.1, 0.15) is 5.82 Å². The predicted molar refractivity (Wildman–Crippen MR) is 87.0 cm³/mol. The minimum Gasteiger partial charge on any atom is -0.353 e. The molecule has 0 spiro atoms. The van der Waals surface area contributed by atoms with E-state index in [0.717, 1.165) is 18.1 Å². The fraction of sp³-hybridized carbons (Fsp3) is 0.588. The van der Waals surface area contributed by atoms with Crippen LogP contribution in [0.3, 0.4) is 0 Å². The van der Waals surface area contributed by atoms with Crippen molar-refractivity contribution in [3.8, 4) is 0 Å². The molecule has 0 aromatic carbocycles. The zero-order valence-electron chi connectivity index (χ0n) is 13.1. The Balaban J connectivity index is 1.37. The predicted octanol–water partition coefficient (Wildman–Crippen LogP) is 1.39. The maximum Gasteiger partial charge on any atom is 0.239 e. The molecule has 1 unspecified atom stereocenters. The topological polar surface area (TPSA) is 74.3 Å². The average molecular weight is 314 g/mol. The number of amides is 2. The number of nitrogens with zero attached hydrogens (tertiary/aromatic N) is 2. The molecule has 3 aliphatic rings. The number of piperazine rings is 1. The van der Waals surface area contributed by atoms with Gasteiger partial charge in [-0.15, -0.1) is 0 Å². The first-order valence-corrected chi connectivity index (χ1v) is 8.51. The first kappa shape index (κ1) is 14.5. The van der Waals surface area contributed by atoms with Crippen molar-refractivity contribution in [3.05, 3.63) is 18.3 Å². The highest BCUT2D eigenvalue weighted by atomic mass is 16.2. The number of fused-ring (bicyclic) bond motifs is 1. The van der Waals surface area contributed by atoms with E-state index in [2.05, 4.69) is 15.6 Å². The van der Waals surface area contributed by atoms with Gasteiger partial charge in [-0.05, 0) is 36.8 Å². The van der Waals surface area contributed by atoms with Crippen LogP contribution in [0.5, 0.6) is 0 Å². The first-order valence-electron chi connectivity index (χ1n) is 8.51. The second kappa shape index (κ2) is 5.83. The van der Waals surface area contributed by atoms with E-state index in [0.29, 0.717) is 24.9 Å². The lowest BCUT2D eigenvalue weighted by Gasteiger charge is -2.27. The lowest BCUT2D eigenvalue weighted by Crippen LogP contribution is -2.48. The van der Waals surface area contributed by atoms with E-state index in [9.17, 15) is 9.59 Å². The van der Waals surface area contributed by atoms with Gasteiger partial charge in [0.05, 0.1) is 18.4 Å². The van der Waals surface area contributed by atoms with Crippen molar-refractivity contribution >= 4 is 23.3 Å². The Bertz CT molecular complexity index is 604. The quantitative estimate of drug-likeness (QED) is 0.884. The van der Waals surface area contributed by atoms with Gasteiger partial charge in [0.25, 0.3) is 0 Å². The zero-order valence-corrected chi connectivity index (χ0v) is 13.1. The molecule has 1 aromatic heterocycles. The number of carbonyl (C=O) groups is 2.